The van der Waals surface area contributed by atoms with E-state index in [0.717, 1.165) is 5.56 Å². The van der Waals surface area contributed by atoms with Crippen LogP contribution in [0.4, 0.5) is 0 Å². The zero-order valence-electron chi connectivity index (χ0n) is 8.96. The second-order valence-corrected chi connectivity index (χ2v) is 3.45. The second kappa shape index (κ2) is 5.11. The van der Waals surface area contributed by atoms with Gasteiger partial charge in [-0.25, -0.2) is 0 Å². The molecule has 1 aromatic carbocycles. The lowest BCUT2D eigenvalue weighted by atomic mass is 10.1. The molecule has 0 saturated carbocycles. The minimum absolute atomic E-state index is 0.158. The molecule has 2 aromatic rings. The van der Waals surface area contributed by atoms with Crippen molar-refractivity contribution in [2.24, 2.45) is 0 Å². The van der Waals surface area contributed by atoms with Crippen LogP contribution >= 0.6 is 0 Å². The highest BCUT2D eigenvalue weighted by Gasteiger charge is 2.07. The average molecular weight is 233 g/mol. The Morgan fingerprint density at radius 3 is 3.06 bits per heavy atom. The van der Waals surface area contributed by atoms with Gasteiger partial charge in [-0.1, -0.05) is 12.1 Å². The molecule has 17 heavy (non-hydrogen) atoms. The number of nitrogens with zero attached hydrogens (tertiary/aromatic N) is 2. The van der Waals surface area contributed by atoms with Crippen LogP contribution in [0.5, 0.6) is 11.6 Å². The van der Waals surface area contributed by atoms with Crippen LogP contribution in [0.25, 0.3) is 0 Å². The van der Waals surface area contributed by atoms with Crippen molar-refractivity contribution in [3.05, 3.63) is 36.0 Å². The van der Waals surface area contributed by atoms with Crippen LogP contribution in [0.2, 0.25) is 0 Å². The molecule has 1 aromatic heterocycles. The van der Waals surface area contributed by atoms with E-state index >= 15 is 0 Å². The van der Waals surface area contributed by atoms with Gasteiger partial charge in [-0.15, -0.1) is 5.10 Å². The van der Waals surface area contributed by atoms with Crippen molar-refractivity contribution in [3.63, 3.8) is 0 Å². The van der Waals surface area contributed by atoms with Gasteiger partial charge in [0.25, 0.3) is 5.88 Å². The largest absolute Gasteiger partial charge is 0.508 e. The number of nitrogens with one attached hydrogen (secondary N) is 1. The van der Waals surface area contributed by atoms with E-state index < -0.39 is 0 Å². The number of aryl methyl sites for hydroxylation is 1. The fraction of sp³-hybridized carbons (Fsp3) is 0.182. The van der Waals surface area contributed by atoms with E-state index in [4.69, 9.17) is 4.74 Å². The highest BCUT2D eigenvalue weighted by molar-refractivity contribution is 5.72. The fourth-order valence-electron chi connectivity index (χ4n) is 1.37. The fourth-order valence-corrected chi connectivity index (χ4v) is 1.37. The molecule has 0 aliphatic carbocycles. The first-order valence-electron chi connectivity index (χ1n) is 5.08. The quantitative estimate of drug-likeness (QED) is 0.770. The van der Waals surface area contributed by atoms with Gasteiger partial charge in [0, 0.05) is 0 Å². The summed E-state index contributed by atoms with van der Waals surface area (Å²) in [5.41, 5.74) is 0.877. The van der Waals surface area contributed by atoms with Crippen LogP contribution in [0.3, 0.4) is 0 Å². The Balaban J connectivity index is 1.84. The number of carbonyl (C=O) groups excluding carboxylic acids is 1. The SMILES string of the molecule is O=C(CCc1cccc(O)c1)Oc1cn[nH]n1. The van der Waals surface area contributed by atoms with Crippen molar-refractivity contribution in [2.45, 2.75) is 12.8 Å². The van der Waals surface area contributed by atoms with Crippen LogP contribution in [-0.4, -0.2) is 26.5 Å². The molecule has 0 amide bonds. The molecule has 88 valence electrons. The highest BCUT2D eigenvalue weighted by Crippen LogP contribution is 2.13. The maximum absolute atomic E-state index is 11.4. The Morgan fingerprint density at radius 2 is 2.35 bits per heavy atom. The van der Waals surface area contributed by atoms with Crippen molar-refractivity contribution in [1.29, 1.82) is 0 Å². The minimum Gasteiger partial charge on any atom is -0.508 e. The van der Waals surface area contributed by atoms with E-state index in [1.807, 2.05) is 6.07 Å². The minimum atomic E-state index is -0.387. The monoisotopic (exact) mass is 233 g/mol. The Labute approximate surface area is 97.2 Å². The maximum Gasteiger partial charge on any atom is 0.312 e. The number of aromatic amines is 1. The van der Waals surface area contributed by atoms with Gasteiger partial charge in [-0.2, -0.15) is 10.3 Å². The van der Waals surface area contributed by atoms with Crippen LogP contribution < -0.4 is 4.74 Å². The third kappa shape index (κ3) is 3.30. The number of hydrogen-bond donors (Lipinski definition) is 2. The predicted molar refractivity (Wildman–Crippen MR) is 58.4 cm³/mol. The molecule has 0 atom stereocenters. The summed E-state index contributed by atoms with van der Waals surface area (Å²) in [5.74, 6) is -0.0412. The molecule has 0 saturated heterocycles. The normalized spacial score (nSPS) is 10.1. The third-order valence-electron chi connectivity index (χ3n) is 2.14. The zero-order valence-corrected chi connectivity index (χ0v) is 8.96. The molecule has 0 radical (unpaired) electrons. The molecule has 0 aliphatic heterocycles. The maximum atomic E-state index is 11.4. The molecular weight excluding hydrogens is 222 g/mol. The van der Waals surface area contributed by atoms with Gasteiger partial charge < -0.3 is 9.84 Å². The highest BCUT2D eigenvalue weighted by atomic mass is 16.5. The molecule has 2 N–H and O–H groups in total. The summed E-state index contributed by atoms with van der Waals surface area (Å²) in [6.45, 7) is 0. The van der Waals surface area contributed by atoms with Gasteiger partial charge in [-0.05, 0) is 24.1 Å². The van der Waals surface area contributed by atoms with Crippen molar-refractivity contribution in [1.82, 2.24) is 15.4 Å². The smallest absolute Gasteiger partial charge is 0.312 e. The van der Waals surface area contributed by atoms with Gasteiger partial charge >= 0.3 is 5.97 Å². The number of carbonyl (C=O) groups is 1. The average Bonchev–Trinajstić information content (AvgIpc) is 2.79. The third-order valence-corrected chi connectivity index (χ3v) is 2.14. The molecule has 6 heteroatoms. The molecular formula is C11H11N3O3. The van der Waals surface area contributed by atoms with E-state index in [0.29, 0.717) is 6.42 Å². The second-order valence-electron chi connectivity index (χ2n) is 3.45. The summed E-state index contributed by atoms with van der Waals surface area (Å²) in [4.78, 5) is 11.4. The van der Waals surface area contributed by atoms with Crippen LogP contribution in [0.1, 0.15) is 12.0 Å². The summed E-state index contributed by atoms with van der Waals surface area (Å²) < 4.78 is 4.90. The molecule has 0 unspecified atom stereocenters. The summed E-state index contributed by atoms with van der Waals surface area (Å²) in [5, 5.41) is 18.7. The predicted octanol–water partition coefficient (Wildman–Crippen LogP) is 1.05. The summed E-state index contributed by atoms with van der Waals surface area (Å²) in [7, 11) is 0. The number of rotatable bonds is 4. The summed E-state index contributed by atoms with van der Waals surface area (Å²) >= 11 is 0. The van der Waals surface area contributed by atoms with Crippen LogP contribution in [0, 0.1) is 0 Å². The molecule has 2 rings (SSSR count). The Hall–Kier alpha value is -2.37. The first kappa shape index (κ1) is 11.1. The zero-order chi connectivity index (χ0) is 12.1. The lowest BCUT2D eigenvalue weighted by Crippen LogP contribution is -2.09. The number of aromatic nitrogens is 3. The van der Waals surface area contributed by atoms with Gasteiger partial charge in [0.15, 0.2) is 0 Å². The number of ether oxygens (including phenoxy) is 1. The van der Waals surface area contributed by atoms with Gasteiger partial charge in [-0.3, -0.25) is 4.79 Å². The lowest BCUT2D eigenvalue weighted by molar-refractivity contribution is -0.134. The molecule has 1 heterocycles. The van der Waals surface area contributed by atoms with Crippen molar-refractivity contribution in [2.75, 3.05) is 0 Å². The number of hydrogen-bond acceptors (Lipinski definition) is 5. The first-order valence-corrected chi connectivity index (χ1v) is 5.08. The number of H-pyrrole nitrogens is 1. The topological polar surface area (TPSA) is 88.1 Å². The number of phenolic OH excluding ortho intramolecular Hbond substituents is 1. The van der Waals surface area contributed by atoms with E-state index in [9.17, 15) is 9.90 Å². The standard InChI is InChI=1S/C11H11N3O3/c15-9-3-1-2-8(6-9)4-5-11(16)17-10-7-12-14-13-10/h1-3,6-7,15H,4-5H2,(H,12,13,14). The number of esters is 1. The van der Waals surface area contributed by atoms with E-state index in [1.165, 1.54) is 6.20 Å². The molecule has 0 aliphatic rings. The van der Waals surface area contributed by atoms with Gasteiger partial charge in [0.2, 0.25) is 0 Å². The van der Waals surface area contributed by atoms with E-state index in [2.05, 4.69) is 15.4 Å². The van der Waals surface area contributed by atoms with Crippen molar-refractivity contribution >= 4 is 5.97 Å². The van der Waals surface area contributed by atoms with Crippen LogP contribution in [-0.2, 0) is 11.2 Å². The molecule has 0 fully saturated rings. The molecule has 0 spiro atoms. The summed E-state index contributed by atoms with van der Waals surface area (Å²) in [6, 6.07) is 6.76. The molecule has 0 bridgehead atoms. The van der Waals surface area contributed by atoms with Crippen molar-refractivity contribution in [3.8, 4) is 11.6 Å². The number of benzene rings is 1. The number of phenols is 1. The Kier molecular flexibility index (Phi) is 3.34. The summed E-state index contributed by atoms with van der Waals surface area (Å²) in [6.07, 6.45) is 2.05. The van der Waals surface area contributed by atoms with E-state index in [1.54, 1.807) is 18.2 Å². The number of aromatic hydroxyl groups is 1. The molecule has 6 nitrogen and oxygen atoms in total. The van der Waals surface area contributed by atoms with Crippen molar-refractivity contribution < 1.29 is 14.6 Å². The Morgan fingerprint density at radius 1 is 1.47 bits per heavy atom. The first-order chi connectivity index (χ1) is 8.24. The van der Waals surface area contributed by atoms with Gasteiger partial charge in [0.1, 0.15) is 11.9 Å². The van der Waals surface area contributed by atoms with Gasteiger partial charge in [0.05, 0.1) is 6.42 Å². The van der Waals surface area contributed by atoms with E-state index in [-0.39, 0.29) is 24.0 Å². The Bertz CT molecular complexity index is 496. The lowest BCUT2D eigenvalue weighted by Gasteiger charge is -2.01. The van der Waals surface area contributed by atoms with Crippen LogP contribution in [0.15, 0.2) is 30.5 Å².